The molecule has 3 N–H and O–H groups in total. The predicted molar refractivity (Wildman–Crippen MR) is 119 cm³/mol. The van der Waals surface area contributed by atoms with E-state index >= 15 is 0 Å². The molecule has 2 aromatic carbocycles. The first-order chi connectivity index (χ1) is 15.6. The molecule has 3 aromatic rings. The van der Waals surface area contributed by atoms with Crippen molar-refractivity contribution in [3.8, 4) is 0 Å². The Morgan fingerprint density at radius 2 is 1.88 bits per heavy atom. The molecule has 0 saturated carbocycles. The number of nitrogens with two attached hydrogens (primary N) is 1. The standard InChI is InChI=1S/C23H27N7O2/c24-22(31)19-7-4-12-29(15-19)14-18-8-10-20(11-9-18)26-23(32)21(30-16-25-27-28-30)13-17-5-2-1-3-6-17/h1-3,5-6,8-11,16,19,21H,4,7,12-15H2,(H2,24,31)(H,26,32). The lowest BCUT2D eigenvalue weighted by atomic mass is 9.97. The number of hydrogen-bond acceptors (Lipinski definition) is 6. The number of rotatable bonds is 8. The van der Waals surface area contributed by atoms with Gasteiger partial charge >= 0.3 is 0 Å². The van der Waals surface area contributed by atoms with Crippen LogP contribution < -0.4 is 11.1 Å². The summed E-state index contributed by atoms with van der Waals surface area (Å²) >= 11 is 0. The average molecular weight is 434 g/mol. The van der Waals surface area contributed by atoms with Crippen LogP contribution in [0.25, 0.3) is 0 Å². The van der Waals surface area contributed by atoms with Crippen LogP contribution in [0.3, 0.4) is 0 Å². The molecule has 4 rings (SSSR count). The Bertz CT molecular complexity index is 1020. The Morgan fingerprint density at radius 3 is 2.56 bits per heavy atom. The van der Waals surface area contributed by atoms with Crippen molar-refractivity contribution in [2.75, 3.05) is 18.4 Å². The third-order valence-electron chi connectivity index (χ3n) is 5.79. The Hall–Kier alpha value is -3.59. The first kappa shape index (κ1) is 21.6. The third kappa shape index (κ3) is 5.55. The molecule has 2 amide bonds. The van der Waals surface area contributed by atoms with E-state index in [1.54, 1.807) is 0 Å². The van der Waals surface area contributed by atoms with Crippen LogP contribution in [0.5, 0.6) is 0 Å². The number of carbonyl (C=O) groups excluding carboxylic acids is 2. The molecule has 166 valence electrons. The quantitative estimate of drug-likeness (QED) is 0.559. The van der Waals surface area contributed by atoms with E-state index in [2.05, 4.69) is 25.7 Å². The number of benzene rings is 2. The van der Waals surface area contributed by atoms with Crippen molar-refractivity contribution < 1.29 is 9.59 Å². The first-order valence-corrected chi connectivity index (χ1v) is 10.8. The highest BCUT2D eigenvalue weighted by Crippen LogP contribution is 2.20. The molecule has 1 fully saturated rings. The van der Waals surface area contributed by atoms with E-state index in [0.29, 0.717) is 18.7 Å². The maximum Gasteiger partial charge on any atom is 0.249 e. The molecule has 0 bridgehead atoms. The minimum Gasteiger partial charge on any atom is -0.369 e. The molecule has 0 radical (unpaired) electrons. The lowest BCUT2D eigenvalue weighted by molar-refractivity contribution is -0.123. The second kappa shape index (κ2) is 10.1. The molecule has 1 aromatic heterocycles. The number of hydrogen-bond donors (Lipinski definition) is 2. The number of nitrogens with zero attached hydrogens (tertiary/aromatic N) is 5. The Morgan fingerprint density at radius 1 is 1.09 bits per heavy atom. The summed E-state index contributed by atoms with van der Waals surface area (Å²) in [5.41, 5.74) is 8.33. The van der Waals surface area contributed by atoms with E-state index in [0.717, 1.165) is 37.1 Å². The zero-order valence-electron chi connectivity index (χ0n) is 17.8. The molecular weight excluding hydrogens is 406 g/mol. The zero-order chi connectivity index (χ0) is 22.3. The van der Waals surface area contributed by atoms with Crippen LogP contribution in [0, 0.1) is 5.92 Å². The van der Waals surface area contributed by atoms with Gasteiger partial charge in [-0.3, -0.25) is 14.5 Å². The summed E-state index contributed by atoms with van der Waals surface area (Å²) < 4.78 is 1.47. The Labute approximate surface area is 186 Å². The summed E-state index contributed by atoms with van der Waals surface area (Å²) in [6, 6.07) is 17.0. The lowest BCUT2D eigenvalue weighted by Crippen LogP contribution is -2.40. The summed E-state index contributed by atoms with van der Waals surface area (Å²) in [6.07, 6.45) is 3.77. The highest BCUT2D eigenvalue weighted by atomic mass is 16.2. The van der Waals surface area contributed by atoms with Gasteiger partial charge in [-0.25, -0.2) is 4.68 Å². The van der Waals surface area contributed by atoms with E-state index < -0.39 is 6.04 Å². The number of amides is 2. The van der Waals surface area contributed by atoms with Crippen molar-refractivity contribution in [3.63, 3.8) is 0 Å². The van der Waals surface area contributed by atoms with Crippen LogP contribution in [0.2, 0.25) is 0 Å². The highest BCUT2D eigenvalue weighted by Gasteiger charge is 2.24. The highest BCUT2D eigenvalue weighted by molar-refractivity contribution is 5.93. The largest absolute Gasteiger partial charge is 0.369 e. The molecule has 0 spiro atoms. The normalized spacial score (nSPS) is 17.6. The maximum atomic E-state index is 13.0. The van der Waals surface area contributed by atoms with E-state index in [9.17, 15) is 9.59 Å². The Kier molecular flexibility index (Phi) is 6.86. The van der Waals surface area contributed by atoms with Gasteiger partial charge in [0.1, 0.15) is 12.4 Å². The summed E-state index contributed by atoms with van der Waals surface area (Å²) in [4.78, 5) is 26.8. The van der Waals surface area contributed by atoms with Gasteiger partial charge in [0.15, 0.2) is 0 Å². The number of tetrazole rings is 1. The Balaban J connectivity index is 1.39. The molecule has 9 nitrogen and oxygen atoms in total. The molecule has 2 atom stereocenters. The second-order valence-electron chi connectivity index (χ2n) is 8.16. The molecule has 1 aliphatic heterocycles. The summed E-state index contributed by atoms with van der Waals surface area (Å²) in [7, 11) is 0. The number of anilines is 1. The van der Waals surface area contributed by atoms with Gasteiger partial charge in [-0.1, -0.05) is 42.5 Å². The van der Waals surface area contributed by atoms with E-state index in [-0.39, 0.29) is 17.7 Å². The van der Waals surface area contributed by atoms with E-state index in [4.69, 9.17) is 5.73 Å². The van der Waals surface area contributed by atoms with Crippen molar-refractivity contribution in [1.29, 1.82) is 0 Å². The van der Waals surface area contributed by atoms with Crippen molar-refractivity contribution in [3.05, 3.63) is 72.1 Å². The number of piperidine rings is 1. The number of aromatic nitrogens is 4. The van der Waals surface area contributed by atoms with Crippen molar-refractivity contribution in [2.24, 2.45) is 11.7 Å². The van der Waals surface area contributed by atoms with Crippen LogP contribution in [-0.4, -0.2) is 50.0 Å². The lowest BCUT2D eigenvalue weighted by Gasteiger charge is -2.31. The number of primary amides is 1. The minimum absolute atomic E-state index is 0.0739. The molecule has 1 saturated heterocycles. The molecule has 1 aliphatic rings. The SMILES string of the molecule is NC(=O)C1CCCN(Cc2ccc(NC(=O)C(Cc3ccccc3)n3cnnn3)cc2)C1. The third-order valence-corrected chi connectivity index (χ3v) is 5.79. The minimum atomic E-state index is -0.564. The fourth-order valence-corrected chi connectivity index (χ4v) is 4.06. The fourth-order valence-electron chi connectivity index (χ4n) is 4.06. The van der Waals surface area contributed by atoms with Gasteiger partial charge < -0.3 is 11.1 Å². The van der Waals surface area contributed by atoms with Gasteiger partial charge in [0, 0.05) is 25.2 Å². The summed E-state index contributed by atoms with van der Waals surface area (Å²) in [5, 5.41) is 14.3. The van der Waals surface area contributed by atoms with Gasteiger partial charge in [-0.2, -0.15) is 0 Å². The zero-order valence-corrected chi connectivity index (χ0v) is 17.8. The van der Waals surface area contributed by atoms with Crippen LogP contribution in [0.4, 0.5) is 5.69 Å². The van der Waals surface area contributed by atoms with Gasteiger partial charge in [0.05, 0.1) is 5.92 Å². The average Bonchev–Trinajstić information content (AvgIpc) is 3.34. The molecule has 32 heavy (non-hydrogen) atoms. The molecule has 9 heteroatoms. The fraction of sp³-hybridized carbons (Fsp3) is 0.348. The smallest absolute Gasteiger partial charge is 0.249 e. The van der Waals surface area contributed by atoms with E-state index in [1.165, 1.54) is 11.0 Å². The number of carbonyl (C=O) groups is 2. The van der Waals surface area contributed by atoms with Crippen LogP contribution in [0.15, 0.2) is 60.9 Å². The van der Waals surface area contributed by atoms with Crippen molar-refractivity contribution >= 4 is 17.5 Å². The molecule has 0 aliphatic carbocycles. The number of nitrogens with one attached hydrogen (secondary N) is 1. The van der Waals surface area contributed by atoms with Crippen LogP contribution >= 0.6 is 0 Å². The molecule has 2 unspecified atom stereocenters. The molecular formula is C23H27N7O2. The van der Waals surface area contributed by atoms with Crippen molar-refractivity contribution in [1.82, 2.24) is 25.1 Å². The van der Waals surface area contributed by atoms with Gasteiger partial charge in [0.2, 0.25) is 11.8 Å². The van der Waals surface area contributed by atoms with Gasteiger partial charge in [-0.05, 0) is 53.1 Å². The van der Waals surface area contributed by atoms with Gasteiger partial charge in [0.25, 0.3) is 0 Å². The monoisotopic (exact) mass is 433 g/mol. The second-order valence-corrected chi connectivity index (χ2v) is 8.16. The first-order valence-electron chi connectivity index (χ1n) is 10.8. The summed E-state index contributed by atoms with van der Waals surface area (Å²) in [5.74, 6) is -0.482. The maximum absolute atomic E-state index is 13.0. The van der Waals surface area contributed by atoms with Crippen LogP contribution in [-0.2, 0) is 22.6 Å². The summed E-state index contributed by atoms with van der Waals surface area (Å²) in [6.45, 7) is 2.40. The topological polar surface area (TPSA) is 119 Å². The predicted octanol–water partition coefficient (Wildman–Crippen LogP) is 1.79. The molecule has 2 heterocycles. The number of likely N-dealkylation sites (tertiary alicyclic amines) is 1. The van der Waals surface area contributed by atoms with E-state index in [1.807, 2.05) is 54.6 Å². The van der Waals surface area contributed by atoms with Gasteiger partial charge in [-0.15, -0.1) is 5.10 Å². The van der Waals surface area contributed by atoms with Crippen LogP contribution in [0.1, 0.15) is 30.0 Å². The van der Waals surface area contributed by atoms with Crippen molar-refractivity contribution in [2.45, 2.75) is 31.8 Å².